The standard InChI is InChI=1S/C16H26N4O6/c1-5-11(21)17-19(13(23)7-3)15(25)9-10-16(26)20(14(24)8-4)18-12(22)6-2/h5-10H2,1-4H3,(H,17,21)(H,18,22). The van der Waals surface area contributed by atoms with Crippen LogP contribution >= 0.6 is 0 Å². The van der Waals surface area contributed by atoms with Crippen molar-refractivity contribution in [2.75, 3.05) is 0 Å². The van der Waals surface area contributed by atoms with E-state index in [2.05, 4.69) is 10.9 Å². The molecule has 6 amide bonds. The smallest absolute Gasteiger partial charge is 0.248 e. The zero-order valence-corrected chi connectivity index (χ0v) is 15.6. The molecule has 0 aliphatic carbocycles. The molecule has 0 bridgehead atoms. The Bertz CT molecular complexity index is 525. The second-order valence-corrected chi connectivity index (χ2v) is 5.23. The minimum absolute atomic E-state index is 0.0172. The molecule has 0 aromatic heterocycles. The first-order chi connectivity index (χ1) is 12.2. The number of hydrogen-bond donors (Lipinski definition) is 2. The van der Waals surface area contributed by atoms with E-state index in [0.29, 0.717) is 10.0 Å². The van der Waals surface area contributed by atoms with E-state index in [1.165, 1.54) is 13.8 Å². The largest absolute Gasteiger partial charge is 0.273 e. The Balaban J connectivity index is 5.01. The molecular formula is C16H26N4O6. The summed E-state index contributed by atoms with van der Waals surface area (Å²) in [6.07, 6.45) is -0.718. The van der Waals surface area contributed by atoms with Gasteiger partial charge in [0.2, 0.25) is 35.4 Å². The predicted octanol–water partition coefficient (Wildman–Crippen LogP) is 0.179. The second kappa shape index (κ2) is 11.7. The Labute approximate surface area is 152 Å². The maximum atomic E-state index is 12.2. The highest BCUT2D eigenvalue weighted by atomic mass is 16.2. The number of rotatable bonds is 7. The fourth-order valence-electron chi connectivity index (χ4n) is 1.69. The van der Waals surface area contributed by atoms with Gasteiger partial charge in [0.1, 0.15) is 0 Å². The number of carbonyl (C=O) groups excluding carboxylic acids is 6. The zero-order chi connectivity index (χ0) is 20.3. The molecule has 0 rings (SSSR count). The van der Waals surface area contributed by atoms with E-state index in [-0.39, 0.29) is 25.7 Å². The summed E-state index contributed by atoms with van der Waals surface area (Å²) < 4.78 is 0. The highest BCUT2D eigenvalue weighted by Gasteiger charge is 2.26. The summed E-state index contributed by atoms with van der Waals surface area (Å²) in [5.74, 6) is -3.85. The van der Waals surface area contributed by atoms with Crippen LogP contribution in [0.4, 0.5) is 0 Å². The summed E-state index contributed by atoms with van der Waals surface area (Å²) in [6, 6.07) is 0. The van der Waals surface area contributed by atoms with Gasteiger partial charge in [-0.15, -0.1) is 0 Å². The van der Waals surface area contributed by atoms with Crippen LogP contribution < -0.4 is 10.9 Å². The Morgan fingerprint density at radius 3 is 1.08 bits per heavy atom. The first-order valence-electron chi connectivity index (χ1n) is 8.52. The van der Waals surface area contributed by atoms with Gasteiger partial charge in [0.15, 0.2) is 0 Å². The molecular weight excluding hydrogens is 344 g/mol. The second-order valence-electron chi connectivity index (χ2n) is 5.23. The highest BCUT2D eigenvalue weighted by molar-refractivity contribution is 6.00. The number of carbonyl (C=O) groups is 6. The summed E-state index contributed by atoms with van der Waals surface area (Å²) in [5.41, 5.74) is 4.36. The Kier molecular flexibility index (Phi) is 10.5. The van der Waals surface area contributed by atoms with Crippen LogP contribution in [0.1, 0.15) is 66.2 Å². The van der Waals surface area contributed by atoms with Crippen molar-refractivity contribution < 1.29 is 28.8 Å². The van der Waals surface area contributed by atoms with Gasteiger partial charge in [-0.05, 0) is 0 Å². The maximum absolute atomic E-state index is 12.2. The van der Waals surface area contributed by atoms with Crippen LogP contribution in [-0.2, 0) is 28.8 Å². The monoisotopic (exact) mass is 370 g/mol. The number of nitrogens with zero attached hydrogens (tertiary/aromatic N) is 2. The molecule has 0 fully saturated rings. The maximum Gasteiger partial charge on any atom is 0.248 e. The Hall–Kier alpha value is -2.78. The molecule has 0 aliphatic heterocycles. The van der Waals surface area contributed by atoms with Crippen molar-refractivity contribution in [2.45, 2.75) is 66.2 Å². The summed E-state index contributed by atoms with van der Waals surface area (Å²) in [6.45, 7) is 6.16. The Morgan fingerprint density at radius 1 is 0.538 bits per heavy atom. The van der Waals surface area contributed by atoms with Crippen LogP contribution in [-0.4, -0.2) is 45.5 Å². The molecule has 2 N–H and O–H groups in total. The topological polar surface area (TPSA) is 133 Å². The molecule has 0 radical (unpaired) electrons. The van der Waals surface area contributed by atoms with E-state index in [9.17, 15) is 28.8 Å². The van der Waals surface area contributed by atoms with E-state index >= 15 is 0 Å². The molecule has 0 atom stereocenters. The number of amides is 6. The lowest BCUT2D eigenvalue weighted by atomic mass is 10.2. The van der Waals surface area contributed by atoms with Crippen molar-refractivity contribution in [3.63, 3.8) is 0 Å². The van der Waals surface area contributed by atoms with Crippen molar-refractivity contribution in [1.82, 2.24) is 20.9 Å². The average Bonchev–Trinajstić information content (AvgIpc) is 2.65. The molecule has 0 unspecified atom stereocenters. The molecule has 0 saturated heterocycles. The molecule has 0 saturated carbocycles. The molecule has 26 heavy (non-hydrogen) atoms. The number of hydrogen-bond acceptors (Lipinski definition) is 6. The summed E-state index contributed by atoms with van der Waals surface area (Å²) in [5, 5.41) is 1.16. The fraction of sp³-hybridized carbons (Fsp3) is 0.625. The first-order valence-corrected chi connectivity index (χ1v) is 8.52. The number of imide groups is 2. The Morgan fingerprint density at radius 2 is 0.846 bits per heavy atom. The third-order valence-corrected chi connectivity index (χ3v) is 3.27. The summed E-state index contributed by atoms with van der Waals surface area (Å²) in [7, 11) is 0. The quantitative estimate of drug-likeness (QED) is 0.614. The third kappa shape index (κ3) is 7.41. The normalized spacial score (nSPS) is 9.85. The van der Waals surface area contributed by atoms with Gasteiger partial charge in [0, 0.05) is 38.5 Å². The van der Waals surface area contributed by atoms with Gasteiger partial charge in [-0.1, -0.05) is 27.7 Å². The van der Waals surface area contributed by atoms with Crippen molar-refractivity contribution in [3.8, 4) is 0 Å². The fourth-order valence-corrected chi connectivity index (χ4v) is 1.69. The SMILES string of the molecule is CCC(=O)NN(C(=O)CC)C(=O)CCC(=O)N(NC(=O)CC)C(=O)CC. The van der Waals surface area contributed by atoms with Crippen LogP contribution in [0.2, 0.25) is 0 Å². The molecule has 0 aliphatic rings. The number of nitrogens with one attached hydrogen (secondary N) is 2. The van der Waals surface area contributed by atoms with Crippen molar-refractivity contribution >= 4 is 35.4 Å². The van der Waals surface area contributed by atoms with Gasteiger partial charge in [0.25, 0.3) is 0 Å². The van der Waals surface area contributed by atoms with Gasteiger partial charge in [-0.3, -0.25) is 39.6 Å². The first kappa shape index (κ1) is 23.2. The predicted molar refractivity (Wildman–Crippen MR) is 90.4 cm³/mol. The van der Waals surface area contributed by atoms with Crippen molar-refractivity contribution in [2.24, 2.45) is 0 Å². The molecule has 10 nitrogen and oxygen atoms in total. The van der Waals surface area contributed by atoms with Crippen LogP contribution in [0, 0.1) is 0 Å². The lowest BCUT2D eigenvalue weighted by molar-refractivity contribution is -0.156. The number of hydrazine groups is 2. The van der Waals surface area contributed by atoms with Crippen LogP contribution in [0.25, 0.3) is 0 Å². The average molecular weight is 370 g/mol. The van der Waals surface area contributed by atoms with Gasteiger partial charge in [-0.2, -0.15) is 10.0 Å². The third-order valence-electron chi connectivity index (χ3n) is 3.27. The zero-order valence-electron chi connectivity index (χ0n) is 15.6. The van der Waals surface area contributed by atoms with E-state index in [1.807, 2.05) is 0 Å². The summed E-state index contributed by atoms with van der Waals surface area (Å²) in [4.78, 5) is 70.9. The lowest BCUT2D eigenvalue weighted by Crippen LogP contribution is -2.51. The van der Waals surface area contributed by atoms with Gasteiger partial charge < -0.3 is 0 Å². The molecule has 10 heteroatoms. The lowest BCUT2D eigenvalue weighted by Gasteiger charge is -2.22. The minimum atomic E-state index is -0.780. The molecule has 146 valence electrons. The van der Waals surface area contributed by atoms with Crippen LogP contribution in [0.5, 0.6) is 0 Å². The van der Waals surface area contributed by atoms with Gasteiger partial charge >= 0.3 is 0 Å². The van der Waals surface area contributed by atoms with Crippen molar-refractivity contribution in [1.29, 1.82) is 0 Å². The van der Waals surface area contributed by atoms with Crippen LogP contribution in [0.15, 0.2) is 0 Å². The van der Waals surface area contributed by atoms with Crippen molar-refractivity contribution in [3.05, 3.63) is 0 Å². The molecule has 0 aromatic rings. The van der Waals surface area contributed by atoms with Gasteiger partial charge in [0.05, 0.1) is 0 Å². The molecule has 0 aromatic carbocycles. The van der Waals surface area contributed by atoms with Gasteiger partial charge in [-0.25, -0.2) is 0 Å². The van der Waals surface area contributed by atoms with E-state index in [0.717, 1.165) is 0 Å². The van der Waals surface area contributed by atoms with E-state index in [1.54, 1.807) is 13.8 Å². The van der Waals surface area contributed by atoms with Crippen LogP contribution in [0.3, 0.4) is 0 Å². The minimum Gasteiger partial charge on any atom is -0.273 e. The molecule has 0 spiro atoms. The summed E-state index contributed by atoms with van der Waals surface area (Å²) >= 11 is 0. The van der Waals surface area contributed by atoms with E-state index in [4.69, 9.17) is 0 Å². The van der Waals surface area contributed by atoms with E-state index < -0.39 is 48.3 Å². The highest BCUT2D eigenvalue weighted by Crippen LogP contribution is 2.04. The molecule has 0 heterocycles.